The highest BCUT2D eigenvalue weighted by atomic mass is 35.5. The van der Waals surface area contributed by atoms with Crippen LogP contribution in [0.25, 0.3) is 6.08 Å². The molecule has 0 fully saturated rings. The van der Waals surface area contributed by atoms with Crippen LogP contribution in [0.2, 0.25) is 0 Å². The molecule has 0 unspecified atom stereocenters. The molecular formula is C19H19ClN2O4. The molecule has 0 amide bonds. The SMILES string of the molecule is COc1cc2c(cc1/C=C(/Cl)C(=O)c1ccc(N)c(N(C)C)c1)OCO2. The zero-order valence-corrected chi connectivity index (χ0v) is 15.5. The molecule has 2 aromatic carbocycles. The summed E-state index contributed by atoms with van der Waals surface area (Å²) < 4.78 is 16.0. The van der Waals surface area contributed by atoms with E-state index in [4.69, 9.17) is 31.5 Å². The third-order valence-corrected chi connectivity index (χ3v) is 4.28. The van der Waals surface area contributed by atoms with Crippen LogP contribution < -0.4 is 24.8 Å². The number of carbonyl (C=O) groups excluding carboxylic acids is 1. The van der Waals surface area contributed by atoms with E-state index in [1.165, 1.54) is 7.11 Å². The van der Waals surface area contributed by atoms with Crippen LogP contribution in [0.3, 0.4) is 0 Å². The van der Waals surface area contributed by atoms with E-state index in [1.54, 1.807) is 36.4 Å². The second-order valence-electron chi connectivity index (χ2n) is 5.94. The number of anilines is 2. The standard InChI is InChI=1S/C19H19ClN2O4/c1-22(2)15-7-11(4-5-14(15)21)19(23)13(20)6-12-8-17-18(26-10-25-17)9-16(12)24-3/h4-9H,10,21H2,1-3H3/b13-6+. The van der Waals surface area contributed by atoms with Crippen LogP contribution in [0, 0.1) is 0 Å². The van der Waals surface area contributed by atoms with Crippen molar-refractivity contribution >= 4 is 34.8 Å². The molecule has 7 heteroatoms. The number of nitrogens with zero attached hydrogens (tertiary/aromatic N) is 1. The Morgan fingerprint density at radius 2 is 1.92 bits per heavy atom. The number of hydrogen-bond donors (Lipinski definition) is 1. The first-order valence-corrected chi connectivity index (χ1v) is 8.25. The number of ketones is 1. The lowest BCUT2D eigenvalue weighted by atomic mass is 10.1. The van der Waals surface area contributed by atoms with Crippen LogP contribution >= 0.6 is 11.6 Å². The van der Waals surface area contributed by atoms with E-state index >= 15 is 0 Å². The highest BCUT2D eigenvalue weighted by Crippen LogP contribution is 2.39. The summed E-state index contributed by atoms with van der Waals surface area (Å²) in [5, 5.41) is 0.0524. The van der Waals surface area contributed by atoms with E-state index in [1.807, 2.05) is 19.0 Å². The molecule has 0 aromatic heterocycles. The Hall–Kier alpha value is -2.86. The van der Waals surface area contributed by atoms with Crippen molar-refractivity contribution in [3.8, 4) is 17.2 Å². The van der Waals surface area contributed by atoms with Gasteiger partial charge in [0.25, 0.3) is 0 Å². The van der Waals surface area contributed by atoms with Crippen molar-refractivity contribution in [1.82, 2.24) is 0 Å². The molecule has 0 atom stereocenters. The Balaban J connectivity index is 1.95. The summed E-state index contributed by atoms with van der Waals surface area (Å²) in [6.45, 7) is 0.150. The molecule has 0 bridgehead atoms. The lowest BCUT2D eigenvalue weighted by molar-refractivity contribution is 0.104. The van der Waals surface area contributed by atoms with E-state index < -0.39 is 0 Å². The quantitative estimate of drug-likeness (QED) is 0.490. The predicted octanol–water partition coefficient (Wildman–Crippen LogP) is 3.53. The molecule has 0 saturated carbocycles. The smallest absolute Gasteiger partial charge is 0.231 e. The Bertz CT molecular complexity index is 893. The van der Waals surface area contributed by atoms with Crippen molar-refractivity contribution in [2.75, 3.05) is 38.6 Å². The minimum Gasteiger partial charge on any atom is -0.496 e. The van der Waals surface area contributed by atoms with Crippen molar-refractivity contribution in [1.29, 1.82) is 0 Å². The molecule has 1 aliphatic rings. The summed E-state index contributed by atoms with van der Waals surface area (Å²) in [5.74, 6) is 1.40. The first-order chi connectivity index (χ1) is 12.4. The predicted molar refractivity (Wildman–Crippen MR) is 102 cm³/mol. The molecule has 1 aliphatic heterocycles. The summed E-state index contributed by atoms with van der Waals surface area (Å²) in [4.78, 5) is 14.6. The Morgan fingerprint density at radius 1 is 1.23 bits per heavy atom. The summed E-state index contributed by atoms with van der Waals surface area (Å²) in [6.07, 6.45) is 1.55. The molecule has 26 heavy (non-hydrogen) atoms. The van der Waals surface area contributed by atoms with Gasteiger partial charge in [-0.1, -0.05) is 11.6 Å². The van der Waals surface area contributed by atoms with Gasteiger partial charge < -0.3 is 24.8 Å². The minimum absolute atomic E-state index is 0.0524. The monoisotopic (exact) mass is 374 g/mol. The number of carbonyl (C=O) groups is 1. The summed E-state index contributed by atoms with van der Waals surface area (Å²) in [7, 11) is 5.25. The summed E-state index contributed by atoms with van der Waals surface area (Å²) in [6, 6.07) is 8.48. The Labute approximate surface area is 156 Å². The fourth-order valence-corrected chi connectivity index (χ4v) is 2.87. The Morgan fingerprint density at radius 3 is 2.58 bits per heavy atom. The molecule has 2 N–H and O–H groups in total. The van der Waals surface area contributed by atoms with Crippen LogP contribution in [-0.4, -0.2) is 33.8 Å². The maximum absolute atomic E-state index is 12.7. The van der Waals surface area contributed by atoms with Gasteiger partial charge in [0.1, 0.15) is 5.75 Å². The molecule has 1 heterocycles. The zero-order valence-electron chi connectivity index (χ0n) is 14.7. The maximum atomic E-state index is 12.7. The first-order valence-electron chi connectivity index (χ1n) is 7.87. The van der Waals surface area contributed by atoms with Crippen molar-refractivity contribution < 1.29 is 19.0 Å². The van der Waals surface area contributed by atoms with Gasteiger partial charge in [-0.05, 0) is 30.3 Å². The molecule has 0 spiro atoms. The molecule has 136 valence electrons. The number of allylic oxidation sites excluding steroid dienone is 1. The number of ether oxygens (including phenoxy) is 3. The topological polar surface area (TPSA) is 74.0 Å². The number of halogens is 1. The number of benzene rings is 2. The van der Waals surface area contributed by atoms with E-state index in [0.29, 0.717) is 34.1 Å². The van der Waals surface area contributed by atoms with E-state index in [0.717, 1.165) is 5.69 Å². The average Bonchev–Trinajstić information content (AvgIpc) is 3.07. The lowest BCUT2D eigenvalue weighted by Gasteiger charge is -2.16. The van der Waals surface area contributed by atoms with Gasteiger partial charge in [0, 0.05) is 31.3 Å². The van der Waals surface area contributed by atoms with Gasteiger partial charge in [0.05, 0.1) is 23.5 Å². The minimum atomic E-state index is -0.311. The fraction of sp³-hybridized carbons (Fsp3) is 0.211. The lowest BCUT2D eigenvalue weighted by Crippen LogP contribution is -2.12. The number of nitrogen functional groups attached to an aromatic ring is 1. The zero-order chi connectivity index (χ0) is 18.8. The number of methoxy groups -OCH3 is 1. The number of hydrogen-bond acceptors (Lipinski definition) is 6. The number of fused-ring (bicyclic) bond motifs is 1. The summed E-state index contributed by atoms with van der Waals surface area (Å²) in [5.41, 5.74) is 8.35. The largest absolute Gasteiger partial charge is 0.496 e. The first kappa shape index (κ1) is 17.9. The third-order valence-electron chi connectivity index (χ3n) is 4.00. The Kier molecular flexibility index (Phi) is 4.95. The molecule has 3 rings (SSSR count). The number of rotatable bonds is 5. The maximum Gasteiger partial charge on any atom is 0.231 e. The van der Waals surface area contributed by atoms with Crippen LogP contribution in [0.5, 0.6) is 17.2 Å². The van der Waals surface area contributed by atoms with Crippen LogP contribution in [0.4, 0.5) is 11.4 Å². The fourth-order valence-electron chi connectivity index (χ4n) is 2.64. The molecule has 0 saturated heterocycles. The van der Waals surface area contributed by atoms with Crippen LogP contribution in [0.15, 0.2) is 35.4 Å². The van der Waals surface area contributed by atoms with Gasteiger partial charge in [-0.2, -0.15) is 0 Å². The van der Waals surface area contributed by atoms with Gasteiger partial charge in [0.2, 0.25) is 12.6 Å². The van der Waals surface area contributed by atoms with E-state index in [2.05, 4.69) is 0 Å². The van der Waals surface area contributed by atoms with Gasteiger partial charge in [0.15, 0.2) is 11.5 Å². The van der Waals surface area contributed by atoms with Gasteiger partial charge in [-0.15, -0.1) is 0 Å². The van der Waals surface area contributed by atoms with E-state index in [-0.39, 0.29) is 17.6 Å². The van der Waals surface area contributed by atoms with Crippen LogP contribution in [0.1, 0.15) is 15.9 Å². The highest BCUT2D eigenvalue weighted by molar-refractivity contribution is 6.47. The van der Waals surface area contributed by atoms with Crippen LogP contribution in [-0.2, 0) is 0 Å². The van der Waals surface area contributed by atoms with Crippen molar-refractivity contribution in [3.63, 3.8) is 0 Å². The van der Waals surface area contributed by atoms with Gasteiger partial charge in [-0.3, -0.25) is 4.79 Å². The van der Waals surface area contributed by atoms with E-state index in [9.17, 15) is 4.79 Å². The molecule has 6 nitrogen and oxygen atoms in total. The second kappa shape index (κ2) is 7.17. The highest BCUT2D eigenvalue weighted by Gasteiger charge is 2.19. The van der Waals surface area contributed by atoms with Gasteiger partial charge in [-0.25, -0.2) is 0 Å². The van der Waals surface area contributed by atoms with Crippen molar-refractivity contribution in [2.24, 2.45) is 0 Å². The van der Waals surface area contributed by atoms with Crippen molar-refractivity contribution in [2.45, 2.75) is 0 Å². The number of nitrogens with two attached hydrogens (primary N) is 1. The second-order valence-corrected chi connectivity index (χ2v) is 6.34. The molecule has 2 aromatic rings. The normalized spacial score (nSPS) is 12.8. The molecular weight excluding hydrogens is 356 g/mol. The number of Topliss-reactive ketones (excluding diaryl/α,β-unsaturated/α-hetero) is 1. The average molecular weight is 375 g/mol. The van der Waals surface area contributed by atoms with Crippen molar-refractivity contribution in [3.05, 3.63) is 46.5 Å². The summed E-state index contributed by atoms with van der Waals surface area (Å²) >= 11 is 6.29. The molecule has 0 radical (unpaired) electrons. The third kappa shape index (κ3) is 3.41. The van der Waals surface area contributed by atoms with Gasteiger partial charge >= 0.3 is 0 Å². The molecule has 0 aliphatic carbocycles.